The fourth-order valence-electron chi connectivity index (χ4n) is 3.46. The quantitative estimate of drug-likeness (QED) is 0.861. The predicted molar refractivity (Wildman–Crippen MR) is 76.9 cm³/mol. The van der Waals surface area contributed by atoms with E-state index in [0.717, 1.165) is 0 Å². The monoisotopic (exact) mass is 287 g/mol. The topological polar surface area (TPSA) is 71.4 Å². The molecule has 5 heteroatoms. The number of nitrogens with two attached hydrogens (primary N) is 1. The second-order valence-electron chi connectivity index (χ2n) is 6.17. The van der Waals surface area contributed by atoms with Crippen molar-refractivity contribution in [1.82, 2.24) is 0 Å². The highest BCUT2D eigenvalue weighted by atomic mass is 19.1. The molecular formula is C16H18FN3O. The van der Waals surface area contributed by atoms with Gasteiger partial charge in [-0.2, -0.15) is 5.26 Å². The molecule has 2 aliphatic rings. The van der Waals surface area contributed by atoms with Crippen molar-refractivity contribution in [2.45, 2.75) is 31.9 Å². The highest BCUT2D eigenvalue weighted by Crippen LogP contribution is 2.51. The largest absolute Gasteiger partial charge is 0.386 e. The Morgan fingerprint density at radius 1 is 1.48 bits per heavy atom. The molecule has 110 valence electrons. The van der Waals surface area contributed by atoms with Gasteiger partial charge in [-0.3, -0.25) is 4.99 Å². The van der Waals surface area contributed by atoms with E-state index in [4.69, 9.17) is 10.5 Å². The molecule has 4 atom stereocenters. The number of nitriles is 1. The van der Waals surface area contributed by atoms with E-state index in [2.05, 4.69) is 11.1 Å². The summed E-state index contributed by atoms with van der Waals surface area (Å²) >= 11 is 0. The van der Waals surface area contributed by atoms with E-state index >= 15 is 0 Å². The molecule has 0 bridgehead atoms. The molecule has 2 heterocycles. The van der Waals surface area contributed by atoms with Gasteiger partial charge < -0.3 is 10.5 Å². The van der Waals surface area contributed by atoms with Crippen LogP contribution < -0.4 is 5.73 Å². The smallest absolute Gasteiger partial charge is 0.128 e. The Morgan fingerprint density at radius 2 is 2.19 bits per heavy atom. The van der Waals surface area contributed by atoms with Crippen LogP contribution in [-0.2, 0) is 10.3 Å². The Balaban J connectivity index is 2.20. The molecule has 0 radical (unpaired) electrons. The van der Waals surface area contributed by atoms with E-state index in [1.807, 2.05) is 6.92 Å². The maximum Gasteiger partial charge on any atom is 0.128 e. The van der Waals surface area contributed by atoms with Crippen molar-refractivity contribution in [3.63, 3.8) is 0 Å². The molecule has 4 nitrogen and oxygen atoms in total. The first kappa shape index (κ1) is 14.0. The number of fused-ring (bicyclic) bond motifs is 1. The zero-order valence-corrected chi connectivity index (χ0v) is 12.1. The highest BCUT2D eigenvalue weighted by Gasteiger charge is 2.56. The average molecular weight is 287 g/mol. The number of aliphatic imine (C=N–C) groups is 1. The van der Waals surface area contributed by atoms with Crippen LogP contribution in [0.25, 0.3) is 0 Å². The second-order valence-corrected chi connectivity index (χ2v) is 6.17. The van der Waals surface area contributed by atoms with E-state index < -0.39 is 11.0 Å². The minimum Gasteiger partial charge on any atom is -0.386 e. The summed E-state index contributed by atoms with van der Waals surface area (Å²) in [5, 5.41) is 9.41. The molecule has 3 rings (SSSR count). The molecule has 2 aliphatic heterocycles. The fourth-order valence-corrected chi connectivity index (χ4v) is 3.46. The lowest BCUT2D eigenvalue weighted by molar-refractivity contribution is 0.0996. The third kappa shape index (κ3) is 1.86. The van der Waals surface area contributed by atoms with Crippen LogP contribution in [-0.4, -0.2) is 18.5 Å². The molecule has 0 saturated carbocycles. The van der Waals surface area contributed by atoms with Gasteiger partial charge in [0, 0.05) is 11.5 Å². The van der Waals surface area contributed by atoms with Gasteiger partial charge in [-0.1, -0.05) is 18.2 Å². The van der Waals surface area contributed by atoms with Gasteiger partial charge in [0.15, 0.2) is 0 Å². The number of ether oxygens (including phenoxy) is 1. The maximum absolute atomic E-state index is 14.3. The lowest BCUT2D eigenvalue weighted by atomic mass is 9.67. The Bertz CT molecular complexity index is 653. The van der Waals surface area contributed by atoms with Gasteiger partial charge in [-0.15, -0.1) is 0 Å². The van der Waals surface area contributed by atoms with Crippen molar-refractivity contribution in [3.8, 4) is 6.07 Å². The van der Waals surface area contributed by atoms with E-state index in [1.54, 1.807) is 25.1 Å². The summed E-state index contributed by atoms with van der Waals surface area (Å²) in [5.41, 5.74) is 4.92. The lowest BCUT2D eigenvalue weighted by Crippen LogP contribution is -2.49. The van der Waals surface area contributed by atoms with Gasteiger partial charge in [-0.05, 0) is 26.3 Å². The van der Waals surface area contributed by atoms with Crippen molar-refractivity contribution >= 4 is 5.84 Å². The van der Waals surface area contributed by atoms with Crippen LogP contribution in [0.4, 0.5) is 4.39 Å². The normalized spacial score (nSPS) is 38.5. The summed E-state index contributed by atoms with van der Waals surface area (Å²) < 4.78 is 20.1. The zero-order valence-electron chi connectivity index (χ0n) is 12.1. The molecule has 21 heavy (non-hydrogen) atoms. The van der Waals surface area contributed by atoms with Crippen molar-refractivity contribution in [2.75, 3.05) is 6.61 Å². The third-order valence-corrected chi connectivity index (χ3v) is 4.85. The van der Waals surface area contributed by atoms with Gasteiger partial charge >= 0.3 is 0 Å². The molecule has 2 N–H and O–H groups in total. The number of rotatable bonds is 1. The number of hydrogen-bond donors (Lipinski definition) is 1. The van der Waals surface area contributed by atoms with E-state index in [9.17, 15) is 9.65 Å². The summed E-state index contributed by atoms with van der Waals surface area (Å²) in [4.78, 5) is 4.59. The number of amidine groups is 1. The van der Waals surface area contributed by atoms with Crippen molar-refractivity contribution in [1.29, 1.82) is 5.26 Å². The number of benzene rings is 1. The Hall–Kier alpha value is -1.93. The minimum absolute atomic E-state index is 0.0636. The third-order valence-electron chi connectivity index (χ3n) is 4.85. The standard InChI is InChI=1S/C16H18FN3O/c1-10-12-7-15(2,8-18)14(19)20-16(12,9-21-10)11-5-3-4-6-13(11)17/h3-6,10,12H,7,9H2,1-2H3,(H2,19,20)/t10?,12-,15?,16?/m1/s1. The van der Waals surface area contributed by atoms with Crippen LogP contribution >= 0.6 is 0 Å². The van der Waals surface area contributed by atoms with Crippen LogP contribution in [0.1, 0.15) is 25.8 Å². The van der Waals surface area contributed by atoms with Gasteiger partial charge in [0.2, 0.25) is 0 Å². The second kappa shape index (κ2) is 4.54. The minimum atomic E-state index is -0.818. The Labute approximate surface area is 123 Å². The molecule has 0 spiro atoms. The molecular weight excluding hydrogens is 269 g/mol. The number of nitrogens with zero attached hydrogens (tertiary/aromatic N) is 2. The molecule has 0 aliphatic carbocycles. The summed E-state index contributed by atoms with van der Waals surface area (Å²) in [6.07, 6.45) is 0.433. The Kier molecular flexibility index (Phi) is 3.03. The lowest BCUT2D eigenvalue weighted by Gasteiger charge is -2.41. The van der Waals surface area contributed by atoms with Crippen molar-refractivity contribution < 1.29 is 9.13 Å². The molecule has 3 unspecified atom stereocenters. The first-order chi connectivity index (χ1) is 9.93. The fraction of sp³-hybridized carbons (Fsp3) is 0.500. The average Bonchev–Trinajstić information content (AvgIpc) is 2.78. The SMILES string of the molecule is CC1OCC2(c3ccccc3F)N=C(N)C(C)(C#N)C[C@H]12. The van der Waals surface area contributed by atoms with Gasteiger partial charge in [0.05, 0.1) is 18.8 Å². The van der Waals surface area contributed by atoms with Crippen LogP contribution in [0.2, 0.25) is 0 Å². The highest BCUT2D eigenvalue weighted by molar-refractivity contribution is 5.90. The van der Waals surface area contributed by atoms with Crippen molar-refractivity contribution in [2.24, 2.45) is 22.1 Å². The first-order valence-corrected chi connectivity index (χ1v) is 7.06. The van der Waals surface area contributed by atoms with E-state index in [1.165, 1.54) is 6.07 Å². The van der Waals surface area contributed by atoms with Gasteiger partial charge in [-0.25, -0.2) is 4.39 Å². The van der Waals surface area contributed by atoms with Crippen LogP contribution in [0.5, 0.6) is 0 Å². The molecule has 0 amide bonds. The molecule has 1 aromatic carbocycles. The van der Waals surface area contributed by atoms with E-state index in [0.29, 0.717) is 18.6 Å². The summed E-state index contributed by atoms with van der Waals surface area (Å²) in [7, 11) is 0. The molecule has 1 saturated heterocycles. The molecule has 1 fully saturated rings. The van der Waals surface area contributed by atoms with Crippen molar-refractivity contribution in [3.05, 3.63) is 35.6 Å². The summed E-state index contributed by atoms with van der Waals surface area (Å²) in [6, 6.07) is 8.84. The maximum atomic E-state index is 14.3. The summed E-state index contributed by atoms with van der Waals surface area (Å²) in [5.74, 6) is -0.106. The number of halogens is 1. The Morgan fingerprint density at radius 3 is 2.86 bits per heavy atom. The van der Waals surface area contributed by atoms with Crippen LogP contribution in [0, 0.1) is 28.5 Å². The van der Waals surface area contributed by atoms with E-state index in [-0.39, 0.29) is 23.7 Å². The zero-order chi connectivity index (χ0) is 15.3. The van der Waals surface area contributed by atoms with Crippen LogP contribution in [0.3, 0.4) is 0 Å². The van der Waals surface area contributed by atoms with Gasteiger partial charge in [0.1, 0.15) is 22.6 Å². The first-order valence-electron chi connectivity index (χ1n) is 7.06. The molecule has 0 aromatic heterocycles. The van der Waals surface area contributed by atoms with Crippen LogP contribution in [0.15, 0.2) is 29.3 Å². The van der Waals surface area contributed by atoms with Gasteiger partial charge in [0.25, 0.3) is 0 Å². The molecule has 1 aromatic rings. The summed E-state index contributed by atoms with van der Waals surface area (Å²) in [6.45, 7) is 4.02. The number of hydrogen-bond acceptors (Lipinski definition) is 4. The predicted octanol–water partition coefficient (Wildman–Crippen LogP) is 2.35.